The number of pyridine rings is 1. The number of aromatic nitrogens is 3. The number of likely N-dealkylation sites (N-methyl/N-ethyl adjacent to an activating group) is 1. The van der Waals surface area contributed by atoms with Crippen molar-refractivity contribution in [1.29, 1.82) is 0 Å². The van der Waals surface area contributed by atoms with Crippen LogP contribution in [0.5, 0.6) is 0 Å². The molecule has 0 unspecified atom stereocenters. The highest BCUT2D eigenvalue weighted by molar-refractivity contribution is 6.16. The number of nitrogens with one attached hydrogen (secondary N) is 1. The minimum absolute atomic E-state index is 0.412. The predicted octanol–water partition coefficient (Wildman–Crippen LogP) is 8.05. The summed E-state index contributed by atoms with van der Waals surface area (Å²) in [5.41, 5.74) is 10.7. The number of likely N-dealkylation sites (tertiary alicyclic amines) is 1. The van der Waals surface area contributed by atoms with Gasteiger partial charge in [0.15, 0.2) is 0 Å². The second-order valence-corrected chi connectivity index (χ2v) is 14.2. The Labute approximate surface area is 300 Å². The Bertz CT molecular complexity index is 1950. The van der Waals surface area contributed by atoms with E-state index in [-0.39, 0.29) is 0 Å². The van der Waals surface area contributed by atoms with Crippen LogP contribution in [0.4, 0.5) is 20.2 Å². The molecule has 5 heterocycles. The lowest BCUT2D eigenvalue weighted by molar-refractivity contribution is 0.161. The van der Waals surface area contributed by atoms with Gasteiger partial charge in [-0.15, -0.1) is 0 Å². The van der Waals surface area contributed by atoms with E-state index in [1.807, 2.05) is 30.9 Å². The summed E-state index contributed by atoms with van der Waals surface area (Å²) < 4.78 is 29.3. The van der Waals surface area contributed by atoms with Crippen LogP contribution < -0.4 is 10.2 Å². The van der Waals surface area contributed by atoms with Crippen molar-refractivity contribution in [3.63, 3.8) is 0 Å². The molecule has 1 saturated heterocycles. The first-order valence-corrected chi connectivity index (χ1v) is 18.2. The maximum atomic E-state index is 13.7. The van der Waals surface area contributed by atoms with Gasteiger partial charge in [-0.25, -0.2) is 13.8 Å². The van der Waals surface area contributed by atoms with E-state index >= 15 is 0 Å². The quantitative estimate of drug-likeness (QED) is 0.221. The monoisotopic (exact) mass is 690 g/mol. The number of hydrogen-bond donors (Lipinski definition) is 1. The fourth-order valence-corrected chi connectivity index (χ4v) is 7.71. The Kier molecular flexibility index (Phi) is 10.0. The molecule has 266 valence electrons. The molecule has 3 aliphatic rings. The number of rotatable bonds is 6. The van der Waals surface area contributed by atoms with Crippen LogP contribution in [-0.4, -0.2) is 69.8 Å². The van der Waals surface area contributed by atoms with Gasteiger partial charge in [-0.1, -0.05) is 32.1 Å². The number of fused-ring (bicyclic) bond motifs is 7. The van der Waals surface area contributed by atoms with Crippen molar-refractivity contribution in [3.05, 3.63) is 108 Å². The summed E-state index contributed by atoms with van der Waals surface area (Å²) in [5, 5.41) is 8.16. The second kappa shape index (κ2) is 14.8. The average molecular weight is 691 g/mol. The van der Waals surface area contributed by atoms with Gasteiger partial charge in [0.1, 0.15) is 11.6 Å². The molecule has 4 aromatic rings. The Morgan fingerprint density at radius 1 is 0.980 bits per heavy atom. The second-order valence-electron chi connectivity index (χ2n) is 14.2. The van der Waals surface area contributed by atoms with Crippen molar-refractivity contribution in [3.8, 4) is 11.3 Å². The van der Waals surface area contributed by atoms with Gasteiger partial charge >= 0.3 is 0 Å². The van der Waals surface area contributed by atoms with Gasteiger partial charge in [-0.2, -0.15) is 5.10 Å². The zero-order valence-corrected chi connectivity index (χ0v) is 30.1. The van der Waals surface area contributed by atoms with E-state index in [4.69, 9.17) is 9.98 Å². The zero-order chi connectivity index (χ0) is 35.6. The molecule has 8 nitrogen and oxygen atoms in total. The number of hydrogen-bond acceptors (Lipinski definition) is 7. The number of halogens is 2. The zero-order valence-electron chi connectivity index (χ0n) is 30.1. The van der Waals surface area contributed by atoms with Gasteiger partial charge in [-0.05, 0) is 100 Å². The molecule has 1 fully saturated rings. The third kappa shape index (κ3) is 7.61. The van der Waals surface area contributed by atoms with Gasteiger partial charge in [0.2, 0.25) is 5.96 Å². The molecule has 2 aromatic carbocycles. The normalized spacial score (nSPS) is 17.9. The molecule has 3 aliphatic heterocycles. The number of anilines is 2. The highest BCUT2D eigenvalue weighted by Gasteiger charge is 2.28. The van der Waals surface area contributed by atoms with Crippen LogP contribution in [0, 0.1) is 18.6 Å². The smallest absolute Gasteiger partial charge is 0.208 e. The Morgan fingerprint density at radius 2 is 1.75 bits per heavy atom. The van der Waals surface area contributed by atoms with E-state index in [1.54, 1.807) is 0 Å². The molecule has 0 atom stereocenters. The van der Waals surface area contributed by atoms with Crippen molar-refractivity contribution in [2.45, 2.75) is 64.3 Å². The lowest BCUT2D eigenvalue weighted by Gasteiger charge is -2.38. The summed E-state index contributed by atoms with van der Waals surface area (Å²) in [7, 11) is 4.12. The molecular weight excluding hydrogens is 643 g/mol. The van der Waals surface area contributed by atoms with E-state index in [0.29, 0.717) is 23.7 Å². The van der Waals surface area contributed by atoms with Gasteiger partial charge in [0.25, 0.3) is 0 Å². The molecule has 7 rings (SSSR count). The van der Waals surface area contributed by atoms with Crippen LogP contribution in [0.1, 0.15) is 66.6 Å². The first-order chi connectivity index (χ1) is 24.6. The fourth-order valence-electron chi connectivity index (χ4n) is 7.71. The van der Waals surface area contributed by atoms with Crippen LogP contribution >= 0.6 is 0 Å². The van der Waals surface area contributed by atoms with Crippen LogP contribution in [0.25, 0.3) is 22.7 Å². The van der Waals surface area contributed by atoms with Crippen molar-refractivity contribution in [2.24, 2.45) is 12.0 Å². The molecule has 0 aliphatic carbocycles. The van der Waals surface area contributed by atoms with E-state index in [0.717, 1.165) is 128 Å². The lowest BCUT2D eigenvalue weighted by atomic mass is 10.0. The minimum Gasteiger partial charge on any atom is -0.371 e. The summed E-state index contributed by atoms with van der Waals surface area (Å²) in [4.78, 5) is 17.0. The van der Waals surface area contributed by atoms with E-state index in [1.165, 1.54) is 17.8 Å². The molecule has 51 heavy (non-hydrogen) atoms. The Balaban J connectivity index is 1.05. The highest BCUT2D eigenvalue weighted by atomic mass is 19.1. The van der Waals surface area contributed by atoms with E-state index in [2.05, 4.69) is 69.6 Å². The van der Waals surface area contributed by atoms with Crippen molar-refractivity contribution in [2.75, 3.05) is 43.4 Å². The SMILES string of the molecule is C=C1/N=C2\Nc3ccc(C(=C)N4CCC(N(C)CCc5cc(F)cc(F)c5)CC4)cc3N2CCCCCCc2c(cnn2C)-c2cc1cc(C)n2. The maximum Gasteiger partial charge on any atom is 0.208 e. The number of piperidine rings is 1. The van der Waals surface area contributed by atoms with Gasteiger partial charge in [0, 0.05) is 73.5 Å². The summed E-state index contributed by atoms with van der Waals surface area (Å²) in [6, 6.07) is 14.9. The van der Waals surface area contributed by atoms with E-state index in [9.17, 15) is 8.78 Å². The highest BCUT2D eigenvalue weighted by Crippen LogP contribution is 2.37. The largest absolute Gasteiger partial charge is 0.371 e. The Morgan fingerprint density at radius 3 is 2.53 bits per heavy atom. The summed E-state index contributed by atoms with van der Waals surface area (Å²) >= 11 is 0. The number of nitrogens with zero attached hydrogens (tertiary/aromatic N) is 7. The molecular formula is C41H48F2N8. The lowest BCUT2D eigenvalue weighted by Crippen LogP contribution is -2.43. The molecule has 10 heteroatoms. The molecule has 0 saturated carbocycles. The third-order valence-corrected chi connectivity index (χ3v) is 10.7. The topological polar surface area (TPSA) is 64.8 Å². The summed E-state index contributed by atoms with van der Waals surface area (Å²) in [5.74, 6) is -0.253. The number of aryl methyl sites for hydroxylation is 2. The van der Waals surface area contributed by atoms with Gasteiger partial charge in [-0.3, -0.25) is 9.67 Å². The van der Waals surface area contributed by atoms with Crippen molar-refractivity contribution >= 4 is 28.7 Å². The molecule has 2 bridgehead atoms. The third-order valence-electron chi connectivity index (χ3n) is 10.7. The molecule has 0 radical (unpaired) electrons. The van der Waals surface area contributed by atoms with Gasteiger partial charge in [0.05, 0.1) is 29.0 Å². The van der Waals surface area contributed by atoms with Crippen molar-refractivity contribution < 1.29 is 8.78 Å². The number of guanidine groups is 1. The molecule has 0 spiro atoms. The van der Waals surface area contributed by atoms with Crippen molar-refractivity contribution in [1.82, 2.24) is 24.6 Å². The fraction of sp³-hybridized carbons (Fsp3) is 0.390. The Hall–Kier alpha value is -4.83. The summed E-state index contributed by atoms with van der Waals surface area (Å²) in [6.45, 7) is 14.4. The number of aliphatic imine (C=N–C) groups is 1. The van der Waals surface area contributed by atoms with Crippen LogP contribution in [0.2, 0.25) is 0 Å². The summed E-state index contributed by atoms with van der Waals surface area (Å²) in [6.07, 6.45) is 9.90. The average Bonchev–Trinajstić information content (AvgIpc) is 3.65. The van der Waals surface area contributed by atoms with Crippen LogP contribution in [0.3, 0.4) is 0 Å². The molecule has 1 N–H and O–H groups in total. The van der Waals surface area contributed by atoms with Crippen LogP contribution in [0.15, 0.2) is 72.9 Å². The predicted molar refractivity (Wildman–Crippen MR) is 204 cm³/mol. The van der Waals surface area contributed by atoms with Gasteiger partial charge < -0.3 is 20.0 Å². The molecule has 2 aromatic heterocycles. The van der Waals surface area contributed by atoms with Crippen LogP contribution in [-0.2, 0) is 19.9 Å². The maximum absolute atomic E-state index is 13.7. The standard InChI is InChI=1S/C41H48F2N8/c1-27-20-32-23-38(45-27)36-26-44-49(5)39(36)10-8-6-7-9-16-51-40-24-31(11-12-37(40)47-41(51)46-28(32)2)29(3)50-18-14-35(15-19-50)48(4)17-13-30-21-33(42)25-34(43)22-30/h11-12,20-26,35H,2-3,6-10,13-19H2,1,4-5H3,(H,46,47). The number of benzene rings is 2. The molecule has 0 amide bonds. The first kappa shape index (κ1) is 34.6. The van der Waals surface area contributed by atoms with E-state index < -0.39 is 11.6 Å². The minimum atomic E-state index is -0.520. The first-order valence-electron chi connectivity index (χ1n) is 18.2.